The third kappa shape index (κ3) is 7.17. The van der Waals surface area contributed by atoms with E-state index >= 15 is 0 Å². The van der Waals surface area contributed by atoms with Gasteiger partial charge in [-0.3, -0.25) is 15.0 Å². The summed E-state index contributed by atoms with van der Waals surface area (Å²) in [5.74, 6) is -1.41. The van der Waals surface area contributed by atoms with Crippen molar-refractivity contribution < 1.29 is 23.9 Å². The zero-order chi connectivity index (χ0) is 14.1. The van der Waals surface area contributed by atoms with Gasteiger partial charge in [-0.25, -0.2) is 9.59 Å². The molecule has 0 aromatic heterocycles. The summed E-state index contributed by atoms with van der Waals surface area (Å²) < 4.78 is 10.1. The van der Waals surface area contributed by atoms with E-state index in [1.165, 1.54) is 0 Å². The number of hydrogen-bond acceptors (Lipinski definition) is 6. The van der Waals surface area contributed by atoms with Crippen molar-refractivity contribution in [3.63, 3.8) is 0 Å². The maximum absolute atomic E-state index is 11.2. The van der Waals surface area contributed by atoms with Gasteiger partial charge in [-0.1, -0.05) is 0 Å². The van der Waals surface area contributed by atoms with Crippen LogP contribution in [0.2, 0.25) is 0 Å². The van der Waals surface area contributed by atoms with E-state index in [1.807, 2.05) is 0 Å². The summed E-state index contributed by atoms with van der Waals surface area (Å²) in [4.78, 5) is 34.6. The van der Waals surface area contributed by atoms with E-state index < -0.39 is 17.9 Å². The molecule has 0 saturated carbocycles. The monoisotopic (exact) mass is 271 g/mol. The van der Waals surface area contributed by atoms with E-state index in [0.29, 0.717) is 19.8 Å². The molecule has 8 heteroatoms. The standard InChI is InChI=1S/C11H17N3O5/c12-11(17)13-9(15)1-2-10(16)19-8-5-14-3-6-18-7-4-14/h1-2H,3-8H2,(H3,12,13,15,17)/b2-1-. The number of esters is 1. The first-order chi connectivity index (χ1) is 9.08. The van der Waals surface area contributed by atoms with Crippen LogP contribution in [0.5, 0.6) is 0 Å². The van der Waals surface area contributed by atoms with E-state index in [9.17, 15) is 14.4 Å². The lowest BCUT2D eigenvalue weighted by Gasteiger charge is -2.25. The molecule has 0 radical (unpaired) electrons. The van der Waals surface area contributed by atoms with E-state index in [-0.39, 0.29) is 6.61 Å². The Morgan fingerprint density at radius 3 is 2.58 bits per heavy atom. The van der Waals surface area contributed by atoms with Crippen LogP contribution in [-0.4, -0.2) is 62.3 Å². The van der Waals surface area contributed by atoms with Gasteiger partial charge < -0.3 is 15.2 Å². The van der Waals surface area contributed by atoms with E-state index in [4.69, 9.17) is 15.2 Å². The van der Waals surface area contributed by atoms with Gasteiger partial charge in [0.15, 0.2) is 0 Å². The van der Waals surface area contributed by atoms with Crippen LogP contribution in [0.4, 0.5) is 4.79 Å². The van der Waals surface area contributed by atoms with Crippen molar-refractivity contribution >= 4 is 17.9 Å². The van der Waals surface area contributed by atoms with Gasteiger partial charge in [0.05, 0.1) is 13.2 Å². The molecule has 1 saturated heterocycles. The van der Waals surface area contributed by atoms with Crippen molar-refractivity contribution in [1.82, 2.24) is 10.2 Å². The number of rotatable bonds is 5. The van der Waals surface area contributed by atoms with Gasteiger partial charge >= 0.3 is 12.0 Å². The van der Waals surface area contributed by atoms with Crippen LogP contribution in [0.15, 0.2) is 12.2 Å². The first-order valence-corrected chi connectivity index (χ1v) is 5.83. The number of urea groups is 1. The third-order valence-electron chi connectivity index (χ3n) is 2.37. The number of primary amides is 1. The minimum Gasteiger partial charge on any atom is -0.461 e. The van der Waals surface area contributed by atoms with Crippen molar-refractivity contribution in [3.8, 4) is 0 Å². The normalized spacial score (nSPS) is 16.2. The summed E-state index contributed by atoms with van der Waals surface area (Å²) in [6, 6.07) is -0.977. The zero-order valence-electron chi connectivity index (χ0n) is 10.5. The van der Waals surface area contributed by atoms with Crippen molar-refractivity contribution in [1.29, 1.82) is 0 Å². The minimum absolute atomic E-state index is 0.237. The predicted molar refractivity (Wildman–Crippen MR) is 65.1 cm³/mol. The second-order valence-electron chi connectivity index (χ2n) is 3.81. The molecule has 1 heterocycles. The minimum atomic E-state index is -0.977. The summed E-state index contributed by atoms with van der Waals surface area (Å²) in [5.41, 5.74) is 4.73. The van der Waals surface area contributed by atoms with Gasteiger partial charge in [0.25, 0.3) is 5.91 Å². The van der Waals surface area contributed by atoms with Crippen molar-refractivity contribution in [3.05, 3.63) is 12.2 Å². The maximum Gasteiger partial charge on any atom is 0.330 e. The largest absolute Gasteiger partial charge is 0.461 e. The molecule has 1 fully saturated rings. The molecule has 0 atom stereocenters. The van der Waals surface area contributed by atoms with Gasteiger partial charge in [-0.05, 0) is 0 Å². The quantitative estimate of drug-likeness (QED) is 0.470. The van der Waals surface area contributed by atoms with Crippen LogP contribution < -0.4 is 11.1 Å². The molecule has 0 aromatic rings. The topological polar surface area (TPSA) is 111 Å². The number of ether oxygens (including phenoxy) is 2. The van der Waals surface area contributed by atoms with Gasteiger partial charge in [0.1, 0.15) is 6.61 Å². The van der Waals surface area contributed by atoms with Crippen LogP contribution in [0.25, 0.3) is 0 Å². The Kier molecular flexibility index (Phi) is 6.55. The molecule has 1 aliphatic heterocycles. The molecule has 1 aliphatic rings. The summed E-state index contributed by atoms with van der Waals surface area (Å²) in [7, 11) is 0. The third-order valence-corrected chi connectivity index (χ3v) is 2.37. The molecular weight excluding hydrogens is 254 g/mol. The Morgan fingerprint density at radius 2 is 1.95 bits per heavy atom. The van der Waals surface area contributed by atoms with Crippen molar-refractivity contribution in [2.75, 3.05) is 39.5 Å². The molecule has 0 unspecified atom stereocenters. The number of imide groups is 1. The molecule has 3 N–H and O–H groups in total. The smallest absolute Gasteiger partial charge is 0.330 e. The van der Waals surface area contributed by atoms with E-state index in [2.05, 4.69) is 4.90 Å². The van der Waals surface area contributed by atoms with Crippen LogP contribution in [0, 0.1) is 0 Å². The second kappa shape index (κ2) is 8.22. The second-order valence-corrected chi connectivity index (χ2v) is 3.81. The van der Waals surface area contributed by atoms with Gasteiger partial charge in [0, 0.05) is 31.8 Å². The highest BCUT2D eigenvalue weighted by molar-refractivity contribution is 6.02. The average molecular weight is 271 g/mol. The van der Waals surface area contributed by atoms with Crippen LogP contribution in [0.3, 0.4) is 0 Å². The molecule has 3 amide bonds. The number of carbonyl (C=O) groups is 3. The summed E-state index contributed by atoms with van der Waals surface area (Å²) >= 11 is 0. The van der Waals surface area contributed by atoms with E-state index in [1.54, 1.807) is 5.32 Å². The lowest BCUT2D eigenvalue weighted by Crippen LogP contribution is -2.38. The first-order valence-electron chi connectivity index (χ1n) is 5.83. The number of nitrogens with zero attached hydrogens (tertiary/aromatic N) is 1. The number of nitrogens with two attached hydrogens (primary N) is 1. The van der Waals surface area contributed by atoms with Gasteiger partial charge in [0.2, 0.25) is 0 Å². The molecule has 1 rings (SSSR count). The molecule has 0 bridgehead atoms. The van der Waals surface area contributed by atoms with Crippen molar-refractivity contribution in [2.45, 2.75) is 0 Å². The molecule has 8 nitrogen and oxygen atoms in total. The Balaban J connectivity index is 2.14. The Labute approximate surface area is 110 Å². The molecule has 19 heavy (non-hydrogen) atoms. The summed E-state index contributed by atoms with van der Waals surface area (Å²) in [6.07, 6.45) is 1.83. The number of morpholine rings is 1. The molecule has 106 valence electrons. The summed E-state index contributed by atoms with van der Waals surface area (Å²) in [6.45, 7) is 3.85. The predicted octanol–water partition coefficient (Wildman–Crippen LogP) is -1.39. The number of hydrogen-bond donors (Lipinski definition) is 2. The van der Waals surface area contributed by atoms with Crippen LogP contribution in [-0.2, 0) is 19.1 Å². The SMILES string of the molecule is NC(=O)NC(=O)/C=C\C(=O)OCCN1CCOCC1. The highest BCUT2D eigenvalue weighted by atomic mass is 16.5. The van der Waals surface area contributed by atoms with E-state index in [0.717, 1.165) is 25.2 Å². The number of amides is 3. The van der Waals surface area contributed by atoms with Crippen molar-refractivity contribution in [2.24, 2.45) is 5.73 Å². The lowest BCUT2D eigenvalue weighted by molar-refractivity contribution is -0.138. The zero-order valence-corrected chi connectivity index (χ0v) is 10.5. The fraction of sp³-hybridized carbons (Fsp3) is 0.545. The molecule has 0 aromatic carbocycles. The summed E-state index contributed by atoms with van der Waals surface area (Å²) in [5, 5.41) is 1.79. The maximum atomic E-state index is 11.2. The molecule has 0 spiro atoms. The Bertz CT molecular complexity index is 363. The van der Waals surface area contributed by atoms with Gasteiger partial charge in [-0.2, -0.15) is 0 Å². The first kappa shape index (κ1) is 15.1. The molecular formula is C11H17N3O5. The fourth-order valence-electron chi connectivity index (χ4n) is 1.46. The highest BCUT2D eigenvalue weighted by Gasteiger charge is 2.10. The Hall–Kier alpha value is -1.93. The average Bonchev–Trinajstić information content (AvgIpc) is 2.37. The number of nitrogens with one attached hydrogen (secondary N) is 1. The van der Waals surface area contributed by atoms with Crippen LogP contribution >= 0.6 is 0 Å². The fourth-order valence-corrected chi connectivity index (χ4v) is 1.46. The van der Waals surface area contributed by atoms with Crippen LogP contribution in [0.1, 0.15) is 0 Å². The molecule has 0 aliphatic carbocycles. The Morgan fingerprint density at radius 1 is 1.26 bits per heavy atom. The van der Waals surface area contributed by atoms with Gasteiger partial charge in [-0.15, -0.1) is 0 Å². The lowest BCUT2D eigenvalue weighted by atomic mass is 10.4. The highest BCUT2D eigenvalue weighted by Crippen LogP contribution is 1.96. The number of carbonyl (C=O) groups excluding carboxylic acids is 3.